The first-order valence-electron chi connectivity index (χ1n) is 10.2. The van der Waals surface area contributed by atoms with Gasteiger partial charge in [0, 0.05) is 42.4 Å². The standard InChI is InChI=1S/C21H15N5O8S/c1-3-22-19(27)18(20(35)23(4-2)21(22)28)17-13-7-10(24(29)30)5-6-12(13)16-14(17)8-11(25(31)32)9-15(16)26(33)34/h5-9H,3-4H2,1-2H3. The number of rotatable bonds is 5. The molecule has 0 bridgehead atoms. The topological polar surface area (TPSA) is 170 Å². The number of likely N-dealkylation sites (N-methyl/N-ethyl adjacent to an activating group) is 2. The van der Waals surface area contributed by atoms with E-state index in [0.29, 0.717) is 0 Å². The monoisotopic (exact) mass is 497 g/mol. The summed E-state index contributed by atoms with van der Waals surface area (Å²) >= 11 is 5.45. The van der Waals surface area contributed by atoms with Crippen molar-refractivity contribution in [3.05, 3.63) is 77.4 Å². The summed E-state index contributed by atoms with van der Waals surface area (Å²) in [6, 6.07) is 4.76. The van der Waals surface area contributed by atoms with Gasteiger partial charge in [0.15, 0.2) is 0 Å². The van der Waals surface area contributed by atoms with Crippen LogP contribution in [0.25, 0.3) is 16.7 Å². The van der Waals surface area contributed by atoms with Crippen molar-refractivity contribution in [2.75, 3.05) is 13.1 Å². The van der Waals surface area contributed by atoms with Gasteiger partial charge in [0.2, 0.25) is 0 Å². The van der Waals surface area contributed by atoms with E-state index in [-0.39, 0.29) is 57.2 Å². The van der Waals surface area contributed by atoms with Crippen molar-refractivity contribution >= 4 is 51.8 Å². The summed E-state index contributed by atoms with van der Waals surface area (Å²) < 4.78 is 0. The molecule has 14 heteroatoms. The van der Waals surface area contributed by atoms with E-state index >= 15 is 0 Å². The van der Waals surface area contributed by atoms with Crippen molar-refractivity contribution in [1.29, 1.82) is 0 Å². The molecule has 0 saturated carbocycles. The Bertz CT molecular complexity index is 1410. The van der Waals surface area contributed by atoms with Crippen molar-refractivity contribution in [2.45, 2.75) is 13.8 Å². The van der Waals surface area contributed by atoms with E-state index in [1.807, 2.05) is 0 Å². The van der Waals surface area contributed by atoms with Gasteiger partial charge in [-0.1, -0.05) is 12.2 Å². The van der Waals surface area contributed by atoms with Crippen molar-refractivity contribution in [3.8, 4) is 11.1 Å². The lowest BCUT2D eigenvalue weighted by Crippen LogP contribution is -2.55. The molecule has 0 radical (unpaired) electrons. The number of fused-ring (bicyclic) bond motifs is 3. The number of urea groups is 1. The zero-order chi connectivity index (χ0) is 25.8. The van der Waals surface area contributed by atoms with Gasteiger partial charge in [-0.3, -0.25) is 44.9 Å². The van der Waals surface area contributed by atoms with Crippen LogP contribution in [0.5, 0.6) is 0 Å². The minimum Gasteiger partial charge on any atom is -0.284 e. The highest BCUT2D eigenvalue weighted by Crippen LogP contribution is 2.52. The number of carbonyl (C=O) groups excluding carboxylic acids is 2. The predicted octanol–water partition coefficient (Wildman–Crippen LogP) is 3.82. The van der Waals surface area contributed by atoms with E-state index < -0.39 is 38.1 Å². The van der Waals surface area contributed by atoms with Gasteiger partial charge in [-0.05, 0) is 31.0 Å². The second kappa shape index (κ2) is 8.32. The number of imide groups is 1. The van der Waals surface area contributed by atoms with Crippen molar-refractivity contribution in [2.24, 2.45) is 0 Å². The summed E-state index contributed by atoms with van der Waals surface area (Å²) in [7, 11) is 0. The van der Waals surface area contributed by atoms with Crippen LogP contribution in [0.2, 0.25) is 0 Å². The highest BCUT2D eigenvalue weighted by molar-refractivity contribution is 7.81. The number of hydrogen-bond acceptors (Lipinski definition) is 9. The summed E-state index contributed by atoms with van der Waals surface area (Å²) in [4.78, 5) is 60.7. The number of non-ortho nitro benzene ring substituents is 2. The summed E-state index contributed by atoms with van der Waals surface area (Å²) in [5.74, 6) is -0.804. The molecule has 2 aliphatic rings. The largest absolute Gasteiger partial charge is 0.332 e. The second-order valence-corrected chi connectivity index (χ2v) is 7.91. The molecular formula is C21H15N5O8S. The number of hydrogen-bond donors (Lipinski definition) is 0. The number of amides is 3. The molecule has 4 rings (SSSR count). The van der Waals surface area contributed by atoms with E-state index in [1.165, 1.54) is 6.07 Å². The molecule has 1 heterocycles. The molecule has 0 atom stereocenters. The van der Waals surface area contributed by atoms with Gasteiger partial charge in [-0.2, -0.15) is 0 Å². The number of thiocarbonyl (C=S) groups is 1. The average Bonchev–Trinajstić information content (AvgIpc) is 3.12. The summed E-state index contributed by atoms with van der Waals surface area (Å²) in [5.41, 5.74) is -1.65. The number of nitro groups is 3. The Morgan fingerprint density at radius 1 is 0.771 bits per heavy atom. The second-order valence-electron chi connectivity index (χ2n) is 7.52. The predicted molar refractivity (Wildman–Crippen MR) is 126 cm³/mol. The first kappa shape index (κ1) is 23.6. The van der Waals surface area contributed by atoms with E-state index in [0.717, 1.165) is 34.1 Å². The van der Waals surface area contributed by atoms with Gasteiger partial charge in [-0.25, -0.2) is 4.79 Å². The Morgan fingerprint density at radius 3 is 1.91 bits per heavy atom. The fourth-order valence-corrected chi connectivity index (χ4v) is 4.68. The molecule has 0 aromatic heterocycles. The van der Waals surface area contributed by atoms with Gasteiger partial charge in [0.25, 0.3) is 23.0 Å². The van der Waals surface area contributed by atoms with E-state index in [4.69, 9.17) is 12.2 Å². The number of benzene rings is 2. The van der Waals surface area contributed by atoms with Crippen LogP contribution in [0.15, 0.2) is 35.9 Å². The molecule has 2 aromatic rings. The molecule has 1 aliphatic carbocycles. The van der Waals surface area contributed by atoms with E-state index in [2.05, 4.69) is 0 Å². The zero-order valence-electron chi connectivity index (χ0n) is 18.2. The third kappa shape index (κ3) is 3.42. The first-order valence-corrected chi connectivity index (χ1v) is 10.6. The average molecular weight is 497 g/mol. The SMILES string of the molecule is CCN1C(=O)C(=C2c3cc([N+](=O)[O-])ccc3-c3c2cc([N+](=O)[O-])cc3[N+](=O)[O-])C(=S)N(CC)C1=O. The highest BCUT2D eigenvalue weighted by atomic mass is 32.1. The maximum absolute atomic E-state index is 13.4. The molecule has 35 heavy (non-hydrogen) atoms. The minimum atomic E-state index is -0.817. The van der Waals surface area contributed by atoms with E-state index in [9.17, 15) is 39.9 Å². The molecule has 1 fully saturated rings. The van der Waals surface area contributed by atoms with Gasteiger partial charge in [0.1, 0.15) is 4.99 Å². The van der Waals surface area contributed by atoms with Crippen molar-refractivity contribution in [3.63, 3.8) is 0 Å². The van der Waals surface area contributed by atoms with Crippen LogP contribution < -0.4 is 0 Å². The summed E-state index contributed by atoms with van der Waals surface area (Å²) in [5, 5.41) is 34.9. The Balaban J connectivity index is 2.20. The smallest absolute Gasteiger partial charge is 0.284 e. The maximum atomic E-state index is 13.4. The van der Waals surface area contributed by atoms with Crippen molar-refractivity contribution in [1.82, 2.24) is 9.80 Å². The summed E-state index contributed by atoms with van der Waals surface area (Å²) in [6.07, 6.45) is 0. The molecule has 1 saturated heterocycles. The van der Waals surface area contributed by atoms with Crippen molar-refractivity contribution < 1.29 is 24.4 Å². The van der Waals surface area contributed by atoms with Crippen LogP contribution in [0, 0.1) is 30.3 Å². The molecular weight excluding hydrogens is 482 g/mol. The molecule has 0 unspecified atom stereocenters. The Morgan fingerprint density at radius 2 is 1.37 bits per heavy atom. The van der Waals surface area contributed by atoms with Crippen LogP contribution in [0.4, 0.5) is 21.9 Å². The lowest BCUT2D eigenvalue weighted by Gasteiger charge is -2.35. The van der Waals surface area contributed by atoms with Crippen LogP contribution in [0.1, 0.15) is 25.0 Å². The molecule has 1 aliphatic heterocycles. The molecule has 3 amide bonds. The molecule has 0 spiro atoms. The summed E-state index contributed by atoms with van der Waals surface area (Å²) in [6.45, 7) is 3.28. The molecule has 0 N–H and O–H groups in total. The van der Waals surface area contributed by atoms with Gasteiger partial charge in [-0.15, -0.1) is 0 Å². The lowest BCUT2D eigenvalue weighted by atomic mass is 9.94. The molecule has 178 valence electrons. The van der Waals surface area contributed by atoms with Gasteiger partial charge < -0.3 is 0 Å². The number of carbonyl (C=O) groups is 2. The quantitative estimate of drug-likeness (QED) is 0.220. The third-order valence-corrected chi connectivity index (χ3v) is 6.22. The Labute approximate surface area is 201 Å². The number of nitro benzene ring substituents is 3. The fourth-order valence-electron chi connectivity index (χ4n) is 4.28. The van der Waals surface area contributed by atoms with Crippen LogP contribution in [0.3, 0.4) is 0 Å². The van der Waals surface area contributed by atoms with Crippen LogP contribution >= 0.6 is 12.2 Å². The van der Waals surface area contributed by atoms with Crippen LogP contribution in [-0.4, -0.2) is 54.6 Å². The fraction of sp³-hybridized carbons (Fsp3) is 0.190. The normalized spacial score (nSPS) is 16.9. The maximum Gasteiger partial charge on any atom is 0.332 e. The Hall–Kier alpha value is -4.59. The van der Waals surface area contributed by atoms with Gasteiger partial charge >= 0.3 is 6.03 Å². The lowest BCUT2D eigenvalue weighted by molar-refractivity contribution is -0.393. The Kier molecular flexibility index (Phi) is 5.60. The molecule has 13 nitrogen and oxygen atoms in total. The first-order chi connectivity index (χ1) is 16.5. The van der Waals surface area contributed by atoms with E-state index in [1.54, 1.807) is 13.8 Å². The zero-order valence-corrected chi connectivity index (χ0v) is 19.0. The molecule has 2 aromatic carbocycles. The van der Waals surface area contributed by atoms with Crippen LogP contribution in [-0.2, 0) is 4.79 Å². The number of nitrogens with zero attached hydrogens (tertiary/aromatic N) is 5. The third-order valence-electron chi connectivity index (χ3n) is 5.79. The highest BCUT2D eigenvalue weighted by Gasteiger charge is 2.44. The minimum absolute atomic E-state index is 0.0166. The van der Waals surface area contributed by atoms with Gasteiger partial charge in [0.05, 0.1) is 32.0 Å².